The molecular weight excluding hydrogens is 436 g/mol. The lowest BCUT2D eigenvalue weighted by molar-refractivity contribution is -0.134. The Morgan fingerprint density at radius 1 is 1.20 bits per heavy atom. The van der Waals surface area contributed by atoms with Crippen LogP contribution in [0.3, 0.4) is 0 Å². The summed E-state index contributed by atoms with van der Waals surface area (Å²) in [6.07, 6.45) is 0.359. The summed E-state index contributed by atoms with van der Waals surface area (Å²) in [7, 11) is -5.32. The van der Waals surface area contributed by atoms with Gasteiger partial charge in [0, 0.05) is 26.2 Å². The molecule has 0 saturated carbocycles. The molecule has 1 aromatic rings. The number of hydrogen-bond acceptors (Lipinski definition) is 8. The van der Waals surface area contributed by atoms with Gasteiger partial charge in [0.25, 0.3) is 5.91 Å². The molecule has 0 N–H and O–H groups in total. The van der Waals surface area contributed by atoms with Crippen LogP contribution in [-0.4, -0.2) is 95.4 Å². The van der Waals surface area contributed by atoms with Gasteiger partial charge in [-0.05, 0) is 30.7 Å². The summed E-state index contributed by atoms with van der Waals surface area (Å²) in [5, 5.41) is 0. The van der Waals surface area contributed by atoms with E-state index >= 15 is 0 Å². The molecule has 2 heterocycles. The Morgan fingerprint density at radius 2 is 1.83 bits per heavy atom. The summed E-state index contributed by atoms with van der Waals surface area (Å²) in [5.74, 6) is -1.33. The van der Waals surface area contributed by atoms with Crippen LogP contribution in [0.2, 0.25) is 0 Å². The lowest BCUT2D eigenvalue weighted by Crippen LogP contribution is -2.40. The van der Waals surface area contributed by atoms with Crippen LogP contribution in [0.5, 0.6) is 0 Å². The number of rotatable bonds is 6. The molecule has 10 nitrogen and oxygen atoms in total. The first-order valence-electron chi connectivity index (χ1n) is 9.41. The molecule has 0 bridgehead atoms. The Bertz CT molecular complexity index is 999. The third kappa shape index (κ3) is 5.17. The molecule has 0 spiro atoms. The highest BCUT2D eigenvalue weighted by atomic mass is 32.2. The Balaban J connectivity index is 1.56. The number of amides is 1. The van der Waals surface area contributed by atoms with Gasteiger partial charge in [0.05, 0.1) is 35.2 Å². The summed E-state index contributed by atoms with van der Waals surface area (Å²) < 4.78 is 59.8. The summed E-state index contributed by atoms with van der Waals surface area (Å²) >= 11 is 0. The van der Waals surface area contributed by atoms with Crippen molar-refractivity contribution >= 4 is 31.7 Å². The highest BCUT2D eigenvalue weighted by Gasteiger charge is 2.33. The molecule has 2 saturated heterocycles. The predicted octanol–water partition coefficient (Wildman–Crippen LogP) is -0.490. The van der Waals surface area contributed by atoms with Gasteiger partial charge in [0.15, 0.2) is 16.4 Å². The number of esters is 1. The predicted molar refractivity (Wildman–Crippen MR) is 106 cm³/mol. The van der Waals surface area contributed by atoms with Crippen molar-refractivity contribution in [2.24, 2.45) is 0 Å². The summed E-state index contributed by atoms with van der Waals surface area (Å²) in [4.78, 5) is 25.7. The van der Waals surface area contributed by atoms with Gasteiger partial charge in [-0.25, -0.2) is 21.6 Å². The fourth-order valence-electron chi connectivity index (χ4n) is 3.30. The first kappa shape index (κ1) is 22.7. The number of carbonyl (C=O) groups excluding carboxylic acids is 2. The van der Waals surface area contributed by atoms with Crippen molar-refractivity contribution in [3.63, 3.8) is 0 Å². The first-order valence-corrected chi connectivity index (χ1v) is 12.7. The lowest BCUT2D eigenvalue weighted by Gasteiger charge is -2.26. The number of sulfonamides is 1. The molecule has 1 aromatic carbocycles. The lowest BCUT2D eigenvalue weighted by atomic mass is 10.2. The normalized spacial score (nSPS) is 21.8. The molecule has 1 atom stereocenters. The molecule has 0 aliphatic carbocycles. The second kappa shape index (κ2) is 9.00. The van der Waals surface area contributed by atoms with Crippen molar-refractivity contribution in [1.82, 2.24) is 9.21 Å². The maximum absolute atomic E-state index is 12.6. The van der Waals surface area contributed by atoms with Gasteiger partial charge < -0.3 is 14.4 Å². The van der Waals surface area contributed by atoms with Crippen molar-refractivity contribution in [1.29, 1.82) is 0 Å². The number of likely N-dealkylation sites (N-methyl/N-ethyl adjacent to an activating group) is 1. The molecule has 2 fully saturated rings. The van der Waals surface area contributed by atoms with E-state index < -0.39 is 44.4 Å². The Hall–Kier alpha value is -2.02. The standard InChI is InChI=1S/C18H24N2O8S2/c1-19(15-6-11-29(23,24)13-15)17(21)12-28-18(22)14-2-4-16(5-3-14)30(25,26)20-7-9-27-10-8-20/h2-5,15H,6-13H2,1H3. The van der Waals surface area contributed by atoms with E-state index in [4.69, 9.17) is 9.47 Å². The van der Waals surface area contributed by atoms with Crippen molar-refractivity contribution < 1.29 is 35.9 Å². The minimum Gasteiger partial charge on any atom is -0.452 e. The molecule has 3 rings (SSSR count). The zero-order chi connectivity index (χ0) is 21.9. The Kier molecular flexibility index (Phi) is 6.80. The quantitative estimate of drug-likeness (QED) is 0.521. The highest BCUT2D eigenvalue weighted by molar-refractivity contribution is 7.91. The molecule has 0 aromatic heterocycles. The molecule has 166 valence electrons. The fourth-order valence-corrected chi connectivity index (χ4v) is 6.48. The number of morpholine rings is 1. The van der Waals surface area contributed by atoms with Crippen molar-refractivity contribution in [2.45, 2.75) is 17.4 Å². The largest absolute Gasteiger partial charge is 0.452 e. The molecule has 0 radical (unpaired) electrons. The van der Waals surface area contributed by atoms with Crippen LogP contribution >= 0.6 is 0 Å². The van der Waals surface area contributed by atoms with Crippen LogP contribution in [0.25, 0.3) is 0 Å². The molecule has 2 aliphatic heterocycles. The average molecular weight is 461 g/mol. The van der Waals surface area contributed by atoms with Gasteiger partial charge in [0.1, 0.15) is 0 Å². The van der Waals surface area contributed by atoms with E-state index in [1.54, 1.807) is 0 Å². The third-order valence-electron chi connectivity index (χ3n) is 5.17. The van der Waals surface area contributed by atoms with E-state index in [9.17, 15) is 26.4 Å². The van der Waals surface area contributed by atoms with E-state index in [0.29, 0.717) is 19.6 Å². The topological polar surface area (TPSA) is 127 Å². The van der Waals surface area contributed by atoms with E-state index in [1.165, 1.54) is 40.5 Å². The Labute approximate surface area is 175 Å². The Morgan fingerprint density at radius 3 is 2.40 bits per heavy atom. The van der Waals surface area contributed by atoms with Crippen LogP contribution in [0.1, 0.15) is 16.8 Å². The number of nitrogens with zero attached hydrogens (tertiary/aromatic N) is 2. The molecule has 1 unspecified atom stereocenters. The summed E-state index contributed by atoms with van der Waals surface area (Å²) in [5.41, 5.74) is 0.106. The molecule has 2 aliphatic rings. The van der Waals surface area contributed by atoms with Crippen LogP contribution in [0, 0.1) is 0 Å². The molecule has 12 heteroatoms. The van der Waals surface area contributed by atoms with Crippen LogP contribution < -0.4 is 0 Å². The maximum Gasteiger partial charge on any atom is 0.338 e. The highest BCUT2D eigenvalue weighted by Crippen LogP contribution is 2.19. The average Bonchev–Trinajstić information content (AvgIpc) is 3.11. The van der Waals surface area contributed by atoms with Crippen molar-refractivity contribution in [2.75, 3.05) is 51.5 Å². The third-order valence-corrected chi connectivity index (χ3v) is 8.84. The number of benzene rings is 1. The van der Waals surface area contributed by atoms with Crippen LogP contribution in [0.4, 0.5) is 0 Å². The zero-order valence-corrected chi connectivity index (χ0v) is 18.2. The monoisotopic (exact) mass is 460 g/mol. The van der Waals surface area contributed by atoms with E-state index in [0.717, 1.165) is 0 Å². The first-order chi connectivity index (χ1) is 14.1. The molecular formula is C18H24N2O8S2. The van der Waals surface area contributed by atoms with Crippen LogP contribution in [-0.2, 0) is 34.1 Å². The van der Waals surface area contributed by atoms with E-state index in [2.05, 4.69) is 0 Å². The number of ether oxygens (including phenoxy) is 2. The van der Waals surface area contributed by atoms with Crippen molar-refractivity contribution in [3.05, 3.63) is 29.8 Å². The fraction of sp³-hybridized carbons (Fsp3) is 0.556. The number of sulfone groups is 1. The minimum atomic E-state index is -3.67. The van der Waals surface area contributed by atoms with Gasteiger partial charge in [-0.3, -0.25) is 4.79 Å². The summed E-state index contributed by atoms with van der Waals surface area (Å²) in [6, 6.07) is 4.86. The molecule has 30 heavy (non-hydrogen) atoms. The smallest absolute Gasteiger partial charge is 0.338 e. The van der Waals surface area contributed by atoms with Gasteiger partial charge in [-0.15, -0.1) is 0 Å². The van der Waals surface area contributed by atoms with E-state index in [1.807, 2.05) is 0 Å². The van der Waals surface area contributed by atoms with Gasteiger partial charge >= 0.3 is 5.97 Å². The maximum atomic E-state index is 12.6. The molecule has 1 amide bonds. The number of carbonyl (C=O) groups is 2. The second-order valence-electron chi connectivity index (χ2n) is 7.18. The van der Waals surface area contributed by atoms with Crippen molar-refractivity contribution in [3.8, 4) is 0 Å². The zero-order valence-electron chi connectivity index (χ0n) is 16.5. The van der Waals surface area contributed by atoms with Gasteiger partial charge in [-0.1, -0.05) is 0 Å². The SMILES string of the molecule is CN(C(=O)COC(=O)c1ccc(S(=O)(=O)N2CCOCC2)cc1)C1CCS(=O)(=O)C1. The van der Waals surface area contributed by atoms with Crippen LogP contribution in [0.15, 0.2) is 29.2 Å². The van der Waals surface area contributed by atoms with E-state index in [-0.39, 0.29) is 35.1 Å². The number of hydrogen-bond donors (Lipinski definition) is 0. The summed E-state index contributed by atoms with van der Waals surface area (Å²) in [6.45, 7) is 0.672. The minimum absolute atomic E-state index is 0.0365. The second-order valence-corrected chi connectivity index (χ2v) is 11.3. The van der Waals surface area contributed by atoms with Gasteiger partial charge in [-0.2, -0.15) is 4.31 Å². The van der Waals surface area contributed by atoms with Gasteiger partial charge in [0.2, 0.25) is 10.0 Å².